The van der Waals surface area contributed by atoms with E-state index in [9.17, 15) is 8.42 Å². The van der Waals surface area contributed by atoms with Crippen molar-refractivity contribution in [2.24, 2.45) is 0 Å². The van der Waals surface area contributed by atoms with Crippen LogP contribution < -0.4 is 20.9 Å². The number of halogens is 1. The molecule has 0 aliphatic carbocycles. The third-order valence-corrected chi connectivity index (χ3v) is 9.35. The van der Waals surface area contributed by atoms with Gasteiger partial charge in [0.25, 0.3) is 0 Å². The zero-order valence-electron chi connectivity index (χ0n) is 22.0. The Hall–Kier alpha value is -2.92. The number of nitrogens with one attached hydrogen (secondary N) is 3. The SMILES string of the molecule is CCS(=O)(=O)N1CCc2c(cccc2Nc2nc(Nc3ccc(N4CCNCC4C)c(C)c3)ncc2Cl)C1. The summed E-state index contributed by atoms with van der Waals surface area (Å²) in [6.07, 6.45) is 2.19. The first-order chi connectivity index (χ1) is 18.2. The van der Waals surface area contributed by atoms with Crippen LogP contribution in [0.5, 0.6) is 0 Å². The average Bonchev–Trinajstić information content (AvgIpc) is 2.91. The second-order valence-electron chi connectivity index (χ2n) is 9.82. The fourth-order valence-corrected chi connectivity index (χ4v) is 6.36. The first kappa shape index (κ1) is 26.7. The van der Waals surface area contributed by atoms with E-state index in [-0.39, 0.29) is 5.75 Å². The Morgan fingerprint density at radius 3 is 2.79 bits per heavy atom. The van der Waals surface area contributed by atoms with Crippen LogP contribution in [0.15, 0.2) is 42.6 Å². The standard InChI is InChI=1S/C27H34ClN7O2S/c1-4-38(36,37)34-12-10-22-20(17-34)6-5-7-24(22)32-26-23(28)16-30-27(33-26)31-21-8-9-25(18(2)14-21)35-13-11-29-15-19(35)3/h5-9,14,16,19,29H,4,10-13,15,17H2,1-3H3,(H2,30,31,32,33). The Morgan fingerprint density at radius 2 is 2.03 bits per heavy atom. The first-order valence-corrected chi connectivity index (χ1v) is 15.0. The highest BCUT2D eigenvalue weighted by Crippen LogP contribution is 2.32. The van der Waals surface area contributed by atoms with Crippen LogP contribution in [0.25, 0.3) is 0 Å². The molecule has 0 saturated carbocycles. The predicted octanol–water partition coefficient (Wildman–Crippen LogP) is 4.43. The van der Waals surface area contributed by atoms with Crippen LogP contribution in [0, 0.1) is 6.92 Å². The van der Waals surface area contributed by atoms with Crippen LogP contribution >= 0.6 is 11.6 Å². The zero-order chi connectivity index (χ0) is 26.9. The van der Waals surface area contributed by atoms with Crippen molar-refractivity contribution in [1.29, 1.82) is 0 Å². The topological polar surface area (TPSA) is 102 Å². The summed E-state index contributed by atoms with van der Waals surface area (Å²) >= 11 is 6.47. The molecule has 5 rings (SSSR count). The summed E-state index contributed by atoms with van der Waals surface area (Å²) < 4.78 is 26.3. The molecule has 1 aromatic heterocycles. The van der Waals surface area contributed by atoms with Crippen molar-refractivity contribution in [3.05, 3.63) is 64.3 Å². The number of benzene rings is 2. The molecular weight excluding hydrogens is 522 g/mol. The summed E-state index contributed by atoms with van der Waals surface area (Å²) in [7, 11) is -3.24. The van der Waals surface area contributed by atoms with Crippen molar-refractivity contribution in [3.63, 3.8) is 0 Å². The molecular formula is C27H34ClN7O2S. The maximum Gasteiger partial charge on any atom is 0.229 e. The van der Waals surface area contributed by atoms with Gasteiger partial charge in [-0.15, -0.1) is 0 Å². The molecule has 11 heteroatoms. The van der Waals surface area contributed by atoms with Crippen LogP contribution in [-0.4, -0.2) is 60.7 Å². The van der Waals surface area contributed by atoms with Crippen LogP contribution in [-0.2, 0) is 23.0 Å². The fraction of sp³-hybridized carbons (Fsp3) is 0.407. The summed E-state index contributed by atoms with van der Waals surface area (Å²) in [4.78, 5) is 11.5. The van der Waals surface area contributed by atoms with E-state index in [1.165, 1.54) is 11.3 Å². The number of nitrogens with zero attached hydrogens (tertiary/aromatic N) is 4. The Kier molecular flexibility index (Phi) is 7.76. The molecule has 3 N–H and O–H groups in total. The molecule has 0 amide bonds. The number of piperazine rings is 1. The zero-order valence-corrected chi connectivity index (χ0v) is 23.5. The number of fused-ring (bicyclic) bond motifs is 1. The Morgan fingerprint density at radius 1 is 1.18 bits per heavy atom. The Bertz CT molecular complexity index is 1430. The van der Waals surface area contributed by atoms with Gasteiger partial charge >= 0.3 is 0 Å². The van der Waals surface area contributed by atoms with Crippen molar-refractivity contribution >= 4 is 50.5 Å². The van der Waals surface area contributed by atoms with Gasteiger partial charge in [-0.1, -0.05) is 23.7 Å². The number of rotatable bonds is 7. The Labute approximate surface area is 229 Å². The average molecular weight is 556 g/mol. The highest BCUT2D eigenvalue weighted by Gasteiger charge is 2.27. The molecule has 9 nitrogen and oxygen atoms in total. The third-order valence-electron chi connectivity index (χ3n) is 7.25. The van der Waals surface area contributed by atoms with E-state index in [1.54, 1.807) is 17.4 Å². The van der Waals surface area contributed by atoms with Gasteiger partial charge < -0.3 is 20.9 Å². The maximum atomic E-state index is 12.4. The number of aryl methyl sites for hydroxylation is 1. The number of hydrogen-bond acceptors (Lipinski definition) is 8. The van der Waals surface area contributed by atoms with E-state index in [4.69, 9.17) is 11.6 Å². The molecule has 0 spiro atoms. The highest BCUT2D eigenvalue weighted by molar-refractivity contribution is 7.89. The van der Waals surface area contributed by atoms with Crippen LogP contribution in [0.2, 0.25) is 5.02 Å². The van der Waals surface area contributed by atoms with Gasteiger partial charge in [0.2, 0.25) is 16.0 Å². The van der Waals surface area contributed by atoms with Crippen molar-refractivity contribution < 1.29 is 8.42 Å². The van der Waals surface area contributed by atoms with Crippen molar-refractivity contribution in [1.82, 2.24) is 19.6 Å². The van der Waals surface area contributed by atoms with Crippen molar-refractivity contribution in [3.8, 4) is 0 Å². The van der Waals surface area contributed by atoms with E-state index in [2.05, 4.69) is 56.8 Å². The monoisotopic (exact) mass is 555 g/mol. The Balaban J connectivity index is 1.34. The number of sulfonamides is 1. The summed E-state index contributed by atoms with van der Waals surface area (Å²) in [5.74, 6) is 1.03. The van der Waals surface area contributed by atoms with Crippen molar-refractivity contribution in [2.75, 3.05) is 47.5 Å². The molecule has 3 heterocycles. The molecule has 2 aliphatic heterocycles. The van der Waals surface area contributed by atoms with Gasteiger partial charge in [-0.2, -0.15) is 9.29 Å². The van der Waals surface area contributed by atoms with Gasteiger partial charge in [0, 0.05) is 55.8 Å². The second-order valence-corrected chi connectivity index (χ2v) is 12.5. The van der Waals surface area contributed by atoms with E-state index in [0.717, 1.165) is 42.1 Å². The van der Waals surface area contributed by atoms with Gasteiger partial charge in [0.05, 0.1) is 11.9 Å². The summed E-state index contributed by atoms with van der Waals surface area (Å²) in [5.41, 5.74) is 6.25. The maximum absolute atomic E-state index is 12.4. The van der Waals surface area contributed by atoms with E-state index >= 15 is 0 Å². The van der Waals surface area contributed by atoms with Crippen molar-refractivity contribution in [2.45, 2.75) is 39.8 Å². The minimum Gasteiger partial charge on any atom is -0.366 e. The molecule has 1 atom stereocenters. The molecule has 202 valence electrons. The molecule has 3 aromatic rings. The predicted molar refractivity (Wildman–Crippen MR) is 154 cm³/mol. The summed E-state index contributed by atoms with van der Waals surface area (Å²) in [5, 5.41) is 10.5. The van der Waals surface area contributed by atoms with Gasteiger partial charge in [0.15, 0.2) is 5.82 Å². The number of anilines is 5. The minimum atomic E-state index is -3.24. The largest absolute Gasteiger partial charge is 0.366 e. The minimum absolute atomic E-state index is 0.101. The molecule has 38 heavy (non-hydrogen) atoms. The van der Waals surface area contributed by atoms with E-state index in [1.807, 2.05) is 24.3 Å². The van der Waals surface area contributed by atoms with E-state index < -0.39 is 10.0 Å². The molecule has 1 fully saturated rings. The molecule has 0 bridgehead atoms. The molecule has 2 aliphatic rings. The normalized spacial score (nSPS) is 18.2. The molecule has 1 unspecified atom stereocenters. The lowest BCUT2D eigenvalue weighted by Gasteiger charge is -2.37. The summed E-state index contributed by atoms with van der Waals surface area (Å²) in [6.45, 7) is 9.81. The highest BCUT2D eigenvalue weighted by atomic mass is 35.5. The molecule has 1 saturated heterocycles. The van der Waals surface area contributed by atoms with Crippen LogP contribution in [0.1, 0.15) is 30.5 Å². The first-order valence-electron chi connectivity index (χ1n) is 13.0. The van der Waals surface area contributed by atoms with Gasteiger partial charge in [-0.05, 0) is 68.1 Å². The lowest BCUT2D eigenvalue weighted by Crippen LogP contribution is -2.50. The fourth-order valence-electron chi connectivity index (χ4n) is 5.15. The lowest BCUT2D eigenvalue weighted by molar-refractivity contribution is 0.392. The quantitative estimate of drug-likeness (QED) is 0.393. The summed E-state index contributed by atoms with van der Waals surface area (Å²) in [6, 6.07) is 12.6. The van der Waals surface area contributed by atoms with Gasteiger partial charge in [-0.3, -0.25) is 0 Å². The third kappa shape index (κ3) is 5.58. The molecule has 2 aromatic carbocycles. The number of aromatic nitrogens is 2. The number of hydrogen-bond donors (Lipinski definition) is 3. The van der Waals surface area contributed by atoms with Gasteiger partial charge in [0.1, 0.15) is 5.02 Å². The van der Waals surface area contributed by atoms with Gasteiger partial charge in [-0.25, -0.2) is 13.4 Å². The smallest absolute Gasteiger partial charge is 0.229 e. The van der Waals surface area contributed by atoms with Crippen LogP contribution in [0.4, 0.5) is 28.8 Å². The molecule has 0 radical (unpaired) electrons. The second kappa shape index (κ2) is 11.1. The van der Waals surface area contributed by atoms with Crippen LogP contribution in [0.3, 0.4) is 0 Å². The lowest BCUT2D eigenvalue weighted by atomic mass is 9.99. The van der Waals surface area contributed by atoms with E-state index in [0.29, 0.717) is 42.3 Å².